The fraction of sp³-hybridized carbons (Fsp3) is 0.105. The van der Waals surface area contributed by atoms with Crippen LogP contribution in [-0.2, 0) is 9.53 Å². The molecule has 9 heteroatoms. The Balaban J connectivity index is 1.72. The van der Waals surface area contributed by atoms with Gasteiger partial charge in [-0.15, -0.1) is 0 Å². The molecule has 0 saturated carbocycles. The Hall–Kier alpha value is -4.01. The van der Waals surface area contributed by atoms with Gasteiger partial charge in [0.2, 0.25) is 0 Å². The number of ether oxygens (including phenoxy) is 1. The summed E-state index contributed by atoms with van der Waals surface area (Å²) < 4.78 is 9.89. The van der Waals surface area contributed by atoms with Gasteiger partial charge in [0.15, 0.2) is 6.61 Å². The maximum Gasteiger partial charge on any atom is 0.351 e. The lowest BCUT2D eigenvalue weighted by atomic mass is 10.1. The highest BCUT2D eigenvalue weighted by Gasteiger charge is 2.20. The van der Waals surface area contributed by atoms with Crippen molar-refractivity contribution in [2.75, 3.05) is 11.9 Å². The molecule has 9 nitrogen and oxygen atoms in total. The molecule has 0 radical (unpaired) electrons. The quantitative estimate of drug-likeness (QED) is 0.311. The van der Waals surface area contributed by atoms with E-state index in [1.54, 1.807) is 37.3 Å². The number of nitrogens with one attached hydrogen (secondary N) is 1. The second-order valence-electron chi connectivity index (χ2n) is 5.84. The van der Waals surface area contributed by atoms with Crippen molar-refractivity contribution in [2.24, 2.45) is 0 Å². The Labute approximate surface area is 157 Å². The second-order valence-corrected chi connectivity index (χ2v) is 5.84. The van der Waals surface area contributed by atoms with Crippen molar-refractivity contribution in [1.82, 2.24) is 0 Å². The number of benzene rings is 2. The maximum absolute atomic E-state index is 12.1. The number of carbonyl (C=O) groups is 2. The summed E-state index contributed by atoms with van der Waals surface area (Å²) in [6, 6.07) is 12.3. The molecule has 0 bridgehead atoms. The first-order valence-corrected chi connectivity index (χ1v) is 8.10. The van der Waals surface area contributed by atoms with Crippen molar-refractivity contribution < 1.29 is 23.7 Å². The van der Waals surface area contributed by atoms with E-state index in [-0.39, 0.29) is 16.9 Å². The molecule has 0 spiro atoms. The van der Waals surface area contributed by atoms with Gasteiger partial charge in [-0.2, -0.15) is 0 Å². The molecule has 1 amide bonds. The summed E-state index contributed by atoms with van der Waals surface area (Å²) in [4.78, 5) is 46.6. The summed E-state index contributed by atoms with van der Waals surface area (Å²) in [5.74, 6) is -1.81. The summed E-state index contributed by atoms with van der Waals surface area (Å²) >= 11 is 0. The van der Waals surface area contributed by atoms with Gasteiger partial charge in [0.1, 0.15) is 16.8 Å². The van der Waals surface area contributed by atoms with E-state index >= 15 is 0 Å². The Bertz CT molecular complexity index is 1150. The highest BCUT2D eigenvalue weighted by molar-refractivity contribution is 5.98. The lowest BCUT2D eigenvalue weighted by molar-refractivity contribution is -0.384. The van der Waals surface area contributed by atoms with E-state index in [1.807, 2.05) is 0 Å². The van der Waals surface area contributed by atoms with Crippen LogP contribution in [0.2, 0.25) is 0 Å². The average Bonchev–Trinajstić information content (AvgIpc) is 2.67. The number of nitro benzene ring substituents is 1. The van der Waals surface area contributed by atoms with Gasteiger partial charge >= 0.3 is 11.6 Å². The fourth-order valence-corrected chi connectivity index (χ4v) is 2.56. The van der Waals surface area contributed by atoms with Crippen molar-refractivity contribution in [2.45, 2.75) is 6.92 Å². The molecular weight excluding hydrogens is 368 g/mol. The van der Waals surface area contributed by atoms with Gasteiger partial charge in [-0.1, -0.05) is 30.3 Å². The molecule has 0 aliphatic carbocycles. The van der Waals surface area contributed by atoms with Gasteiger partial charge < -0.3 is 14.5 Å². The molecule has 3 aromatic rings. The van der Waals surface area contributed by atoms with Gasteiger partial charge in [-0.05, 0) is 24.6 Å². The zero-order chi connectivity index (χ0) is 20.3. The Morgan fingerprint density at radius 2 is 1.93 bits per heavy atom. The number of para-hydroxylation sites is 2. The molecule has 1 aromatic heterocycles. The predicted molar refractivity (Wildman–Crippen MR) is 99.2 cm³/mol. The van der Waals surface area contributed by atoms with Crippen LogP contribution in [0.25, 0.3) is 11.0 Å². The van der Waals surface area contributed by atoms with Crippen molar-refractivity contribution in [3.63, 3.8) is 0 Å². The van der Waals surface area contributed by atoms with Crippen LogP contribution in [0.1, 0.15) is 15.9 Å². The molecule has 0 atom stereocenters. The standard InChI is InChI=1S/C19H14N2O7/c1-11-5-4-7-14(21(25)26)17(11)20-16(22)10-27-18(23)13-9-12-6-2-3-8-15(12)28-19(13)24/h2-9H,10H2,1H3,(H,20,22). The SMILES string of the molecule is Cc1cccc([N+](=O)[O-])c1NC(=O)COC(=O)c1cc2ccccc2oc1=O. The van der Waals surface area contributed by atoms with Gasteiger partial charge in [-0.3, -0.25) is 14.9 Å². The Morgan fingerprint density at radius 3 is 2.68 bits per heavy atom. The van der Waals surface area contributed by atoms with Crippen LogP contribution < -0.4 is 10.9 Å². The van der Waals surface area contributed by atoms with E-state index in [1.165, 1.54) is 18.2 Å². The van der Waals surface area contributed by atoms with Gasteiger partial charge in [0.25, 0.3) is 11.6 Å². The van der Waals surface area contributed by atoms with Gasteiger partial charge in [-0.25, -0.2) is 9.59 Å². The number of nitro groups is 1. The van der Waals surface area contributed by atoms with Crippen molar-refractivity contribution >= 4 is 34.2 Å². The molecule has 1 heterocycles. The van der Waals surface area contributed by atoms with E-state index in [0.717, 1.165) is 0 Å². The third kappa shape index (κ3) is 3.88. The van der Waals surface area contributed by atoms with Crippen LogP contribution in [0, 0.1) is 17.0 Å². The molecule has 3 rings (SSSR count). The number of amides is 1. The van der Waals surface area contributed by atoms with Crippen LogP contribution in [0.3, 0.4) is 0 Å². The third-order valence-corrected chi connectivity index (χ3v) is 3.91. The van der Waals surface area contributed by atoms with E-state index < -0.39 is 29.0 Å². The molecule has 0 saturated heterocycles. The topological polar surface area (TPSA) is 129 Å². The van der Waals surface area contributed by atoms with Crippen LogP contribution in [0.15, 0.2) is 57.7 Å². The molecule has 1 N–H and O–H groups in total. The summed E-state index contributed by atoms with van der Waals surface area (Å²) in [7, 11) is 0. The minimum Gasteiger partial charge on any atom is -0.452 e. The first kappa shape index (κ1) is 18.8. The summed E-state index contributed by atoms with van der Waals surface area (Å²) in [6.45, 7) is 0.867. The number of anilines is 1. The largest absolute Gasteiger partial charge is 0.452 e. The van der Waals surface area contributed by atoms with Gasteiger partial charge in [0.05, 0.1) is 4.92 Å². The molecule has 0 fully saturated rings. The lowest BCUT2D eigenvalue weighted by Gasteiger charge is -2.09. The van der Waals surface area contributed by atoms with Crippen LogP contribution in [0.5, 0.6) is 0 Å². The summed E-state index contributed by atoms with van der Waals surface area (Å²) in [5.41, 5.74) is -0.724. The number of hydrogen-bond acceptors (Lipinski definition) is 7. The average molecular weight is 382 g/mol. The molecule has 2 aromatic carbocycles. The lowest BCUT2D eigenvalue weighted by Crippen LogP contribution is -2.24. The van der Waals surface area contributed by atoms with E-state index in [4.69, 9.17) is 9.15 Å². The minimum atomic E-state index is -1.03. The van der Waals surface area contributed by atoms with Crippen LogP contribution in [-0.4, -0.2) is 23.4 Å². The van der Waals surface area contributed by atoms with E-state index in [0.29, 0.717) is 16.5 Å². The van der Waals surface area contributed by atoms with Crippen molar-refractivity contribution in [1.29, 1.82) is 0 Å². The van der Waals surface area contributed by atoms with E-state index in [9.17, 15) is 24.5 Å². The number of nitrogens with zero attached hydrogens (tertiary/aromatic N) is 1. The molecule has 142 valence electrons. The monoisotopic (exact) mass is 382 g/mol. The molecule has 0 aliphatic heterocycles. The number of carbonyl (C=O) groups excluding carboxylic acids is 2. The second kappa shape index (κ2) is 7.70. The molecule has 0 aliphatic rings. The van der Waals surface area contributed by atoms with Crippen molar-refractivity contribution in [3.05, 3.63) is 80.2 Å². The normalized spacial score (nSPS) is 10.5. The Morgan fingerprint density at radius 1 is 1.18 bits per heavy atom. The van der Waals surface area contributed by atoms with Crippen LogP contribution in [0.4, 0.5) is 11.4 Å². The minimum absolute atomic E-state index is 0.0127. The molecule has 0 unspecified atom stereocenters. The number of esters is 1. The molecule has 28 heavy (non-hydrogen) atoms. The zero-order valence-corrected chi connectivity index (χ0v) is 14.6. The fourth-order valence-electron chi connectivity index (χ4n) is 2.56. The van der Waals surface area contributed by atoms with E-state index in [2.05, 4.69) is 5.32 Å². The van der Waals surface area contributed by atoms with Gasteiger partial charge in [0, 0.05) is 11.5 Å². The first-order chi connectivity index (χ1) is 13.4. The zero-order valence-electron chi connectivity index (χ0n) is 14.6. The highest BCUT2D eigenvalue weighted by atomic mass is 16.6. The summed E-state index contributed by atoms with van der Waals surface area (Å²) in [6.07, 6.45) is 0. The Kier molecular flexibility index (Phi) is 5.16. The third-order valence-electron chi connectivity index (χ3n) is 3.91. The number of rotatable bonds is 5. The number of hydrogen-bond donors (Lipinski definition) is 1. The maximum atomic E-state index is 12.1. The van der Waals surface area contributed by atoms with Crippen LogP contribution >= 0.6 is 0 Å². The smallest absolute Gasteiger partial charge is 0.351 e. The number of fused-ring (bicyclic) bond motifs is 1. The molecular formula is C19H14N2O7. The summed E-state index contributed by atoms with van der Waals surface area (Å²) in [5, 5.41) is 13.9. The first-order valence-electron chi connectivity index (χ1n) is 8.10. The highest BCUT2D eigenvalue weighted by Crippen LogP contribution is 2.27. The van der Waals surface area contributed by atoms with Crippen molar-refractivity contribution in [3.8, 4) is 0 Å². The number of aryl methyl sites for hydroxylation is 1. The predicted octanol–water partition coefficient (Wildman–Crippen LogP) is 2.81.